The lowest BCUT2D eigenvalue weighted by atomic mass is 10.0. The van der Waals surface area contributed by atoms with Crippen molar-refractivity contribution in [2.45, 2.75) is 84.0 Å². The SMILES string of the molecule is CC(C)CC(CN)NC(=O)C(C)OC1CCCCCC1.Cl. The number of nitrogens with two attached hydrogens (primary N) is 1. The monoisotopic (exact) mass is 320 g/mol. The van der Waals surface area contributed by atoms with Crippen LogP contribution in [0.3, 0.4) is 0 Å². The molecule has 1 fully saturated rings. The molecule has 0 radical (unpaired) electrons. The summed E-state index contributed by atoms with van der Waals surface area (Å²) in [6.45, 7) is 6.61. The van der Waals surface area contributed by atoms with Gasteiger partial charge in [-0.05, 0) is 32.1 Å². The summed E-state index contributed by atoms with van der Waals surface area (Å²) in [7, 11) is 0. The van der Waals surface area contributed by atoms with Crippen molar-refractivity contribution in [2.24, 2.45) is 11.7 Å². The fourth-order valence-electron chi connectivity index (χ4n) is 2.83. The van der Waals surface area contributed by atoms with E-state index in [0.717, 1.165) is 19.3 Å². The third-order valence-electron chi connectivity index (χ3n) is 3.95. The number of amides is 1. The Kier molecular flexibility index (Phi) is 11.1. The Morgan fingerprint density at radius 3 is 2.24 bits per heavy atom. The lowest BCUT2D eigenvalue weighted by molar-refractivity contribution is -0.136. The Labute approximate surface area is 136 Å². The van der Waals surface area contributed by atoms with Crippen LogP contribution in [-0.2, 0) is 9.53 Å². The first-order valence-electron chi connectivity index (χ1n) is 8.18. The second-order valence-electron chi connectivity index (χ2n) is 6.46. The predicted octanol–water partition coefficient (Wildman–Crippen LogP) is 3.03. The number of carbonyl (C=O) groups is 1. The highest BCUT2D eigenvalue weighted by Gasteiger charge is 2.22. The molecule has 0 aromatic heterocycles. The van der Waals surface area contributed by atoms with Gasteiger partial charge in [0.2, 0.25) is 5.91 Å². The van der Waals surface area contributed by atoms with Crippen molar-refractivity contribution in [3.8, 4) is 0 Å². The molecule has 2 atom stereocenters. The second kappa shape index (κ2) is 11.3. The number of nitrogens with one attached hydrogen (secondary N) is 1. The van der Waals surface area contributed by atoms with Crippen LogP contribution in [0.15, 0.2) is 0 Å². The van der Waals surface area contributed by atoms with E-state index in [2.05, 4.69) is 19.2 Å². The Hall–Kier alpha value is -0.320. The molecule has 1 rings (SSSR count). The highest BCUT2D eigenvalue weighted by molar-refractivity contribution is 5.85. The number of carbonyl (C=O) groups excluding carboxylic acids is 1. The summed E-state index contributed by atoms with van der Waals surface area (Å²) in [4.78, 5) is 12.2. The van der Waals surface area contributed by atoms with Gasteiger partial charge < -0.3 is 15.8 Å². The first-order valence-corrected chi connectivity index (χ1v) is 8.18. The van der Waals surface area contributed by atoms with Gasteiger partial charge in [-0.3, -0.25) is 4.79 Å². The molecule has 3 N–H and O–H groups in total. The highest BCUT2D eigenvalue weighted by Crippen LogP contribution is 2.21. The quantitative estimate of drug-likeness (QED) is 0.709. The van der Waals surface area contributed by atoms with Crippen LogP contribution in [0.5, 0.6) is 0 Å². The van der Waals surface area contributed by atoms with E-state index in [4.69, 9.17) is 10.5 Å². The van der Waals surface area contributed by atoms with E-state index in [-0.39, 0.29) is 36.6 Å². The molecule has 0 saturated heterocycles. The molecule has 1 saturated carbocycles. The molecule has 0 aliphatic heterocycles. The van der Waals surface area contributed by atoms with E-state index < -0.39 is 0 Å². The molecule has 1 amide bonds. The van der Waals surface area contributed by atoms with Gasteiger partial charge in [0, 0.05) is 12.6 Å². The highest BCUT2D eigenvalue weighted by atomic mass is 35.5. The number of ether oxygens (including phenoxy) is 1. The molecule has 21 heavy (non-hydrogen) atoms. The zero-order valence-corrected chi connectivity index (χ0v) is 14.6. The Morgan fingerprint density at radius 1 is 1.19 bits per heavy atom. The maximum absolute atomic E-state index is 12.2. The molecule has 0 bridgehead atoms. The van der Waals surface area contributed by atoms with E-state index in [0.29, 0.717) is 12.5 Å². The Bertz CT molecular complexity index is 279. The van der Waals surface area contributed by atoms with Gasteiger partial charge in [0.15, 0.2) is 0 Å². The van der Waals surface area contributed by atoms with Gasteiger partial charge >= 0.3 is 0 Å². The molecule has 1 aliphatic rings. The van der Waals surface area contributed by atoms with Gasteiger partial charge in [0.05, 0.1) is 6.10 Å². The smallest absolute Gasteiger partial charge is 0.249 e. The summed E-state index contributed by atoms with van der Waals surface area (Å²) in [5.41, 5.74) is 5.72. The van der Waals surface area contributed by atoms with Gasteiger partial charge in [-0.2, -0.15) is 0 Å². The molecule has 0 heterocycles. The Balaban J connectivity index is 0.00000400. The largest absolute Gasteiger partial charge is 0.365 e. The average Bonchev–Trinajstić information content (AvgIpc) is 2.65. The summed E-state index contributed by atoms with van der Waals surface area (Å²) < 4.78 is 5.93. The fraction of sp³-hybridized carbons (Fsp3) is 0.938. The average molecular weight is 321 g/mol. The molecule has 2 unspecified atom stereocenters. The maximum atomic E-state index is 12.2. The molecule has 1 aliphatic carbocycles. The van der Waals surface area contributed by atoms with Crippen LogP contribution in [0.25, 0.3) is 0 Å². The minimum absolute atomic E-state index is 0. The molecular weight excluding hydrogens is 288 g/mol. The third kappa shape index (κ3) is 8.64. The summed E-state index contributed by atoms with van der Waals surface area (Å²) >= 11 is 0. The van der Waals surface area contributed by atoms with Crippen LogP contribution < -0.4 is 11.1 Å². The number of hydrogen-bond donors (Lipinski definition) is 2. The molecule has 5 heteroatoms. The summed E-state index contributed by atoms with van der Waals surface area (Å²) in [6, 6.07) is 0.0580. The summed E-state index contributed by atoms with van der Waals surface area (Å²) in [6.07, 6.45) is 8.00. The summed E-state index contributed by atoms with van der Waals surface area (Å²) in [5, 5.41) is 3.01. The number of rotatable bonds is 7. The minimum atomic E-state index is -0.376. The van der Waals surface area contributed by atoms with E-state index in [1.54, 1.807) is 0 Å². The van der Waals surface area contributed by atoms with Gasteiger partial charge in [0.25, 0.3) is 0 Å². The van der Waals surface area contributed by atoms with Crippen LogP contribution in [0.2, 0.25) is 0 Å². The molecule has 0 aromatic rings. The van der Waals surface area contributed by atoms with Crippen LogP contribution in [0.4, 0.5) is 0 Å². The van der Waals surface area contributed by atoms with Crippen LogP contribution in [-0.4, -0.2) is 30.7 Å². The van der Waals surface area contributed by atoms with Crippen molar-refractivity contribution in [1.29, 1.82) is 0 Å². The summed E-state index contributed by atoms with van der Waals surface area (Å²) in [5.74, 6) is 0.507. The number of halogens is 1. The maximum Gasteiger partial charge on any atom is 0.249 e. The van der Waals surface area contributed by atoms with Gasteiger partial charge in [-0.1, -0.05) is 39.5 Å². The first-order chi connectivity index (χ1) is 9.52. The van der Waals surface area contributed by atoms with Crippen molar-refractivity contribution in [2.75, 3.05) is 6.54 Å². The normalized spacial score (nSPS) is 19.5. The lowest BCUT2D eigenvalue weighted by Crippen LogP contribution is -2.46. The second-order valence-corrected chi connectivity index (χ2v) is 6.46. The van der Waals surface area contributed by atoms with Crippen molar-refractivity contribution in [3.63, 3.8) is 0 Å². The lowest BCUT2D eigenvalue weighted by Gasteiger charge is -2.24. The standard InChI is InChI=1S/C16H32N2O2.ClH/c1-12(2)10-14(11-17)18-16(19)13(3)20-15-8-6-4-5-7-9-15;/h12-15H,4-11,17H2,1-3H3,(H,18,19);1H. The zero-order chi connectivity index (χ0) is 15.0. The van der Waals surface area contributed by atoms with Gasteiger partial charge in [-0.25, -0.2) is 0 Å². The zero-order valence-electron chi connectivity index (χ0n) is 13.8. The molecule has 4 nitrogen and oxygen atoms in total. The van der Waals surface area contributed by atoms with E-state index in [1.165, 1.54) is 25.7 Å². The van der Waals surface area contributed by atoms with Crippen molar-refractivity contribution in [3.05, 3.63) is 0 Å². The van der Waals surface area contributed by atoms with E-state index in [1.807, 2.05) is 6.92 Å². The topological polar surface area (TPSA) is 64.3 Å². The van der Waals surface area contributed by atoms with Crippen molar-refractivity contribution < 1.29 is 9.53 Å². The minimum Gasteiger partial charge on any atom is -0.365 e. The molecular formula is C16H33ClN2O2. The Morgan fingerprint density at radius 2 is 1.76 bits per heavy atom. The van der Waals surface area contributed by atoms with Crippen LogP contribution >= 0.6 is 12.4 Å². The third-order valence-corrected chi connectivity index (χ3v) is 3.95. The fourth-order valence-corrected chi connectivity index (χ4v) is 2.83. The van der Waals surface area contributed by atoms with E-state index >= 15 is 0 Å². The van der Waals surface area contributed by atoms with E-state index in [9.17, 15) is 4.79 Å². The van der Waals surface area contributed by atoms with Crippen molar-refractivity contribution >= 4 is 18.3 Å². The van der Waals surface area contributed by atoms with Crippen LogP contribution in [0, 0.1) is 5.92 Å². The molecule has 126 valence electrons. The number of hydrogen-bond acceptors (Lipinski definition) is 3. The van der Waals surface area contributed by atoms with Crippen molar-refractivity contribution in [1.82, 2.24) is 5.32 Å². The predicted molar refractivity (Wildman–Crippen MR) is 89.7 cm³/mol. The van der Waals surface area contributed by atoms with Crippen LogP contribution in [0.1, 0.15) is 65.7 Å². The molecule has 0 spiro atoms. The van der Waals surface area contributed by atoms with Gasteiger partial charge in [-0.15, -0.1) is 12.4 Å². The first kappa shape index (κ1) is 20.7. The molecule has 0 aromatic carbocycles. The van der Waals surface area contributed by atoms with Gasteiger partial charge in [0.1, 0.15) is 6.10 Å².